The van der Waals surface area contributed by atoms with Crippen molar-refractivity contribution in [3.63, 3.8) is 0 Å². The number of thiazole rings is 1. The van der Waals surface area contributed by atoms with Crippen LogP contribution in [0.5, 0.6) is 11.5 Å². The van der Waals surface area contributed by atoms with Gasteiger partial charge in [0.25, 0.3) is 17.7 Å². The van der Waals surface area contributed by atoms with Crippen LogP contribution in [0, 0.1) is 0 Å². The van der Waals surface area contributed by atoms with Crippen LogP contribution in [0.15, 0.2) is 46.3 Å². The Labute approximate surface area is 319 Å². The van der Waals surface area contributed by atoms with Crippen LogP contribution in [-0.4, -0.2) is 120 Å². The minimum atomic E-state index is -1.52. The van der Waals surface area contributed by atoms with Gasteiger partial charge in [0.2, 0.25) is 5.76 Å². The molecule has 21 heteroatoms. The normalized spacial score (nSPS) is 19.5. The van der Waals surface area contributed by atoms with Crippen LogP contribution < -0.4 is 45.9 Å². The number of nitrogen functional groups attached to an aromatic ring is 1. The van der Waals surface area contributed by atoms with Crippen LogP contribution in [0.1, 0.15) is 28.9 Å². The molecule has 260 valence electrons. The maximum absolute atomic E-state index is 13.4. The van der Waals surface area contributed by atoms with Gasteiger partial charge in [0.1, 0.15) is 29.4 Å². The third kappa shape index (κ3) is 8.03. The van der Waals surface area contributed by atoms with Crippen LogP contribution in [-0.2, 0) is 24.0 Å². The third-order valence-corrected chi connectivity index (χ3v) is 10.7. The van der Waals surface area contributed by atoms with E-state index >= 15 is 0 Å². The number of aromatic hydroxyl groups is 2. The van der Waals surface area contributed by atoms with Crippen molar-refractivity contribution in [2.45, 2.75) is 24.3 Å². The van der Waals surface area contributed by atoms with Crippen LogP contribution in [0.2, 0.25) is 5.02 Å². The number of anilines is 1. The van der Waals surface area contributed by atoms with Gasteiger partial charge in [0.05, 0.1) is 36.8 Å². The number of carboxylic acid groups (broad SMARTS) is 2. The molecule has 2 atom stereocenters. The fourth-order valence-corrected chi connectivity index (χ4v) is 7.99. The summed E-state index contributed by atoms with van der Waals surface area (Å²) < 4.78 is 0.465. The van der Waals surface area contributed by atoms with E-state index in [0.717, 1.165) is 35.1 Å². The Morgan fingerprint density at radius 1 is 1.20 bits per heavy atom. The minimum Gasteiger partial charge on any atom is -0.504 e. The van der Waals surface area contributed by atoms with E-state index in [-0.39, 0.29) is 69.0 Å². The number of aromatic nitrogens is 1. The van der Waals surface area contributed by atoms with Gasteiger partial charge in [-0.25, -0.2) is 14.6 Å². The number of amides is 3. The summed E-state index contributed by atoms with van der Waals surface area (Å²) in [5.74, 6) is -6.54. The van der Waals surface area contributed by atoms with Gasteiger partial charge in [-0.1, -0.05) is 16.8 Å². The van der Waals surface area contributed by atoms with Crippen molar-refractivity contribution in [1.82, 2.24) is 20.5 Å². The largest absolute Gasteiger partial charge is 1.00 e. The number of benzene rings is 1. The number of nitrogens with two attached hydrogens (primary N) is 1. The van der Waals surface area contributed by atoms with Gasteiger partial charge in [0, 0.05) is 29.5 Å². The fourth-order valence-electron chi connectivity index (χ4n) is 5.86. The summed E-state index contributed by atoms with van der Waals surface area (Å²) >= 11 is 8.29. The van der Waals surface area contributed by atoms with Crippen molar-refractivity contribution in [1.29, 1.82) is 0 Å². The molecule has 0 saturated carbocycles. The molecule has 3 aliphatic heterocycles. The Hall–Kier alpha value is -3.85. The topological polar surface area (TPSA) is 254 Å². The summed E-state index contributed by atoms with van der Waals surface area (Å²) in [6.45, 7) is 5.59. The van der Waals surface area contributed by atoms with Crippen molar-refractivity contribution in [2.75, 3.05) is 44.2 Å². The number of carbonyl (C=O) groups is 5. The Kier molecular flexibility index (Phi) is 12.5. The molecule has 0 radical (unpaired) electrons. The van der Waals surface area contributed by atoms with Gasteiger partial charge in [-0.05, 0) is 18.7 Å². The van der Waals surface area contributed by atoms with Gasteiger partial charge >= 0.3 is 41.5 Å². The molecule has 2 aromatic rings. The first-order valence-electron chi connectivity index (χ1n) is 14.7. The van der Waals surface area contributed by atoms with Crippen molar-refractivity contribution < 1.29 is 83.3 Å². The summed E-state index contributed by atoms with van der Waals surface area (Å²) in [6.07, 6.45) is 1.76. The van der Waals surface area contributed by atoms with E-state index < -0.39 is 64.0 Å². The van der Waals surface area contributed by atoms with Gasteiger partial charge in [-0.15, -0.1) is 23.1 Å². The van der Waals surface area contributed by atoms with Crippen LogP contribution in [0.4, 0.5) is 5.13 Å². The van der Waals surface area contributed by atoms with Crippen molar-refractivity contribution in [3.8, 4) is 11.5 Å². The molecular weight excluding hydrogens is 729 g/mol. The number of rotatable bonds is 13. The van der Waals surface area contributed by atoms with E-state index in [2.05, 4.69) is 27.4 Å². The maximum Gasteiger partial charge on any atom is 1.00 e. The average Bonchev–Trinajstić information content (AvgIpc) is 3.71. The van der Waals surface area contributed by atoms with Crippen molar-refractivity contribution in [3.05, 3.63) is 57.4 Å². The van der Waals surface area contributed by atoms with E-state index in [9.17, 15) is 39.3 Å². The number of hydrogen-bond donors (Lipinski definition) is 7. The standard InChI is InChI=1S/C29H30ClN7O10S2.Na/c1-13(27(43)44)47-35-19(16-12-49-29(31)33-16)24(41)34-20-25(42)36-21(28(45)46)14(11-48-26(20)36)10-37(7-2-3-8-37)9-6-32-23(40)15-4-5-17(38)22(39)18(15)30;/h4-5,12,20,26H,1-3,6-11H2,(H7-,31,32,33,34,35,38,39,40,41,43,44,45,46);/q;+1/p+1/t20-,26-;/m1./s1. The Morgan fingerprint density at radius 3 is 2.52 bits per heavy atom. The molecule has 17 nitrogen and oxygen atoms in total. The molecule has 3 amide bonds. The number of β-lactam (4-membered cyclic amide) rings is 1. The number of quaternary nitrogens is 1. The molecule has 50 heavy (non-hydrogen) atoms. The Bertz CT molecular complexity index is 1810. The third-order valence-electron chi connectivity index (χ3n) is 8.25. The molecule has 4 heterocycles. The molecule has 2 saturated heterocycles. The predicted molar refractivity (Wildman–Crippen MR) is 177 cm³/mol. The number of thioether (sulfide) groups is 1. The SMILES string of the molecule is C=C(ON=C(C(=O)N[C@@H]1C(=O)N2C(C(=O)O)=C(C[N+]3(CCNC(=O)c4ccc(O)c(O)c4Cl)CCCC3)CS[C@H]12)c1csc(N)n1)C(=O)O.[Na+]. The van der Waals surface area contributed by atoms with E-state index in [1.54, 1.807) is 0 Å². The quantitative estimate of drug-likeness (QED) is 0.0169. The Morgan fingerprint density at radius 2 is 1.90 bits per heavy atom. The molecular formula is C29H31ClN7NaO10S2+2. The van der Waals surface area contributed by atoms with Gasteiger partial charge in [0.15, 0.2) is 22.3 Å². The number of phenolic OH excluding ortho intramolecular Hbond substituents is 2. The first-order valence-corrected chi connectivity index (χ1v) is 17.0. The summed E-state index contributed by atoms with van der Waals surface area (Å²) in [5.41, 5.74) is 5.53. The van der Waals surface area contributed by atoms with Crippen LogP contribution >= 0.6 is 34.7 Å². The van der Waals surface area contributed by atoms with Gasteiger partial charge in [-0.2, -0.15) is 0 Å². The van der Waals surface area contributed by atoms with Crippen LogP contribution in [0.25, 0.3) is 0 Å². The van der Waals surface area contributed by atoms with Crippen molar-refractivity contribution >= 4 is 75.2 Å². The first-order chi connectivity index (χ1) is 23.2. The molecule has 1 aromatic carbocycles. The maximum atomic E-state index is 13.4. The molecule has 0 bridgehead atoms. The smallest absolute Gasteiger partial charge is 0.504 e. The number of fused-ring (bicyclic) bond motifs is 1. The zero-order chi connectivity index (χ0) is 35.6. The first kappa shape index (κ1) is 38.9. The number of hydrogen-bond acceptors (Lipinski definition) is 13. The number of oxime groups is 1. The van der Waals surface area contributed by atoms with E-state index in [0.29, 0.717) is 36.2 Å². The summed E-state index contributed by atoms with van der Waals surface area (Å²) in [7, 11) is 0. The second-order valence-corrected chi connectivity index (χ2v) is 13.7. The molecule has 1 aromatic heterocycles. The number of nitrogens with one attached hydrogen (secondary N) is 2. The molecule has 0 spiro atoms. The number of aliphatic carboxylic acids is 2. The predicted octanol–water partition coefficient (Wildman–Crippen LogP) is -2.11. The minimum absolute atomic E-state index is 0. The molecule has 3 aliphatic rings. The zero-order valence-electron chi connectivity index (χ0n) is 26.5. The fraction of sp³-hybridized carbons (Fsp3) is 0.345. The molecule has 8 N–H and O–H groups in total. The zero-order valence-corrected chi connectivity index (χ0v) is 30.9. The number of phenols is 2. The number of halogens is 1. The average molecular weight is 760 g/mol. The number of carbonyl (C=O) groups excluding carboxylic acids is 3. The Balaban J connectivity index is 0.00000562. The summed E-state index contributed by atoms with van der Waals surface area (Å²) in [5, 5.41) is 48.1. The summed E-state index contributed by atoms with van der Waals surface area (Å²) in [6, 6.07) is 1.32. The second kappa shape index (κ2) is 16.0. The molecule has 2 fully saturated rings. The van der Waals surface area contributed by atoms with Crippen molar-refractivity contribution in [2.24, 2.45) is 5.16 Å². The van der Waals surface area contributed by atoms with Crippen LogP contribution in [0.3, 0.4) is 0 Å². The second-order valence-electron chi connectivity index (χ2n) is 11.4. The molecule has 0 unspecified atom stereocenters. The summed E-state index contributed by atoms with van der Waals surface area (Å²) in [4.78, 5) is 73.0. The van der Waals surface area contributed by atoms with Gasteiger partial charge < -0.3 is 46.1 Å². The van der Waals surface area contributed by atoms with Gasteiger partial charge in [-0.3, -0.25) is 19.3 Å². The number of carboxylic acids is 2. The van der Waals surface area contributed by atoms with E-state index in [1.165, 1.54) is 23.2 Å². The molecule has 0 aliphatic carbocycles. The number of likely N-dealkylation sites (tertiary alicyclic amines) is 1. The van der Waals surface area contributed by atoms with E-state index in [4.69, 9.17) is 27.3 Å². The molecule has 5 rings (SSSR count). The van der Waals surface area contributed by atoms with E-state index in [1.807, 2.05) is 0 Å². The number of nitrogens with zero attached hydrogens (tertiary/aromatic N) is 4. The monoisotopic (exact) mass is 759 g/mol.